The molecule has 1 N–H and O–H groups in total. The molecule has 0 spiro atoms. The molecule has 2 rings (SSSR count). The number of allylic oxidation sites excluding steroid dienone is 4. The minimum atomic E-state index is -0.871. The van der Waals surface area contributed by atoms with Gasteiger partial charge in [-0.05, 0) is 54.7 Å². The van der Waals surface area contributed by atoms with E-state index in [0.29, 0.717) is 18.4 Å². The first kappa shape index (κ1) is 22.3. The predicted molar refractivity (Wildman–Crippen MR) is 106 cm³/mol. The van der Waals surface area contributed by atoms with E-state index in [1.54, 1.807) is 18.0 Å². The van der Waals surface area contributed by atoms with E-state index in [1.165, 1.54) is 6.08 Å². The van der Waals surface area contributed by atoms with Gasteiger partial charge >= 0.3 is 5.97 Å². The highest BCUT2D eigenvalue weighted by Crippen LogP contribution is 2.43. The van der Waals surface area contributed by atoms with E-state index in [1.807, 2.05) is 12.1 Å². The average Bonchev–Trinajstić information content (AvgIpc) is 3.39. The fraction of sp³-hybridized carbons (Fsp3) is 0.429. The van der Waals surface area contributed by atoms with Crippen molar-refractivity contribution < 1.29 is 23.4 Å². The normalized spacial score (nSPS) is 19.5. The number of aliphatic carboxylic acids is 1. The third-order valence-corrected chi connectivity index (χ3v) is 5.47. The summed E-state index contributed by atoms with van der Waals surface area (Å²) in [5.41, 5.74) is 1.27. The Labute approximate surface area is 168 Å². The van der Waals surface area contributed by atoms with Crippen LogP contribution in [0.15, 0.2) is 59.3 Å². The van der Waals surface area contributed by atoms with Gasteiger partial charge in [0, 0.05) is 11.8 Å². The third-order valence-electron chi connectivity index (χ3n) is 4.21. The summed E-state index contributed by atoms with van der Waals surface area (Å²) in [6.07, 6.45) is 5.91. The van der Waals surface area contributed by atoms with Crippen LogP contribution in [0.4, 0.5) is 8.78 Å². The molecule has 1 aliphatic carbocycles. The van der Waals surface area contributed by atoms with Crippen molar-refractivity contribution in [2.45, 2.75) is 37.8 Å². The maximum absolute atomic E-state index is 14.2. The second kappa shape index (κ2) is 11.1. The van der Waals surface area contributed by atoms with Crippen LogP contribution < -0.4 is 0 Å². The number of carbonyl (C=O) groups is 1. The van der Waals surface area contributed by atoms with Crippen LogP contribution in [-0.2, 0) is 16.1 Å². The maximum atomic E-state index is 14.2. The number of hydrogen-bond acceptors (Lipinski definition) is 4. The monoisotopic (exact) mass is 409 g/mol. The number of aromatic nitrogens is 1. The highest BCUT2D eigenvalue weighted by atomic mass is 32.2. The van der Waals surface area contributed by atoms with Crippen molar-refractivity contribution in [1.82, 2.24) is 4.98 Å². The molecule has 0 aromatic carbocycles. The van der Waals surface area contributed by atoms with E-state index in [0.717, 1.165) is 28.8 Å². The quantitative estimate of drug-likeness (QED) is 0.366. The molecular formula is C21H25F2NO3S. The Morgan fingerprint density at radius 1 is 1.46 bits per heavy atom. The molecule has 0 aliphatic heterocycles. The minimum Gasteiger partial charge on any atom is -0.481 e. The van der Waals surface area contributed by atoms with Gasteiger partial charge in [-0.15, -0.1) is 11.8 Å². The van der Waals surface area contributed by atoms with Crippen molar-refractivity contribution in [2.24, 2.45) is 11.8 Å². The van der Waals surface area contributed by atoms with Gasteiger partial charge in [-0.2, -0.15) is 0 Å². The van der Waals surface area contributed by atoms with Crippen LogP contribution in [-0.4, -0.2) is 28.4 Å². The molecule has 1 aliphatic rings. The summed E-state index contributed by atoms with van der Waals surface area (Å²) >= 11 is 1.63. The van der Waals surface area contributed by atoms with Crippen LogP contribution in [0.5, 0.6) is 0 Å². The van der Waals surface area contributed by atoms with Crippen LogP contribution in [0, 0.1) is 11.8 Å². The van der Waals surface area contributed by atoms with Gasteiger partial charge in [0.15, 0.2) is 0 Å². The molecule has 4 nitrogen and oxygen atoms in total. The first-order valence-corrected chi connectivity index (χ1v) is 10.2. The lowest BCUT2D eigenvalue weighted by Crippen LogP contribution is -2.01. The lowest BCUT2D eigenvalue weighted by Gasteiger charge is -2.08. The second-order valence-electron chi connectivity index (χ2n) is 6.71. The van der Waals surface area contributed by atoms with E-state index in [4.69, 9.17) is 9.84 Å². The van der Waals surface area contributed by atoms with E-state index in [-0.39, 0.29) is 19.1 Å². The molecule has 1 aromatic rings. The zero-order valence-electron chi connectivity index (χ0n) is 15.9. The number of ether oxygens (including phenoxy) is 1. The van der Waals surface area contributed by atoms with Gasteiger partial charge in [-0.25, -0.2) is 13.8 Å². The molecule has 1 aromatic heterocycles. The van der Waals surface area contributed by atoms with Crippen LogP contribution >= 0.6 is 11.8 Å². The molecule has 0 saturated heterocycles. The van der Waals surface area contributed by atoms with Crippen molar-refractivity contribution in [3.8, 4) is 0 Å². The number of nitrogens with zero attached hydrogens (tertiary/aromatic N) is 1. The van der Waals surface area contributed by atoms with Crippen molar-refractivity contribution in [2.75, 3.05) is 12.4 Å². The standard InChI is InChI=1S/C21H25F2NO3S/c1-3-7-28-20-16(5-4-6-24-20)12-27-13-18(23)10-15(8-14(2)22)9-17-11-19(17)21(25)26/h4-6,8,10,17,19H,2-3,7,9,11-13H2,1H3,(H,25,26)/b15-8-,18-10+. The number of carboxylic acid groups (broad SMARTS) is 1. The maximum Gasteiger partial charge on any atom is 0.306 e. The molecule has 2 unspecified atom stereocenters. The summed E-state index contributed by atoms with van der Waals surface area (Å²) in [6.45, 7) is 5.22. The van der Waals surface area contributed by atoms with Crippen molar-refractivity contribution in [3.05, 3.63) is 59.9 Å². The Bertz CT molecular complexity index is 764. The summed E-state index contributed by atoms with van der Waals surface area (Å²) in [4.78, 5) is 15.3. The van der Waals surface area contributed by atoms with Crippen molar-refractivity contribution >= 4 is 17.7 Å². The van der Waals surface area contributed by atoms with Gasteiger partial charge in [0.25, 0.3) is 0 Å². The number of hydrogen-bond donors (Lipinski definition) is 1. The highest BCUT2D eigenvalue weighted by Gasteiger charge is 2.42. The number of halogens is 2. The number of thioether (sulfide) groups is 1. The zero-order chi connectivity index (χ0) is 20.5. The number of carboxylic acids is 1. The molecule has 0 amide bonds. The van der Waals surface area contributed by atoms with Crippen LogP contribution in [0.3, 0.4) is 0 Å². The van der Waals surface area contributed by atoms with Gasteiger partial charge in [0.05, 0.1) is 19.1 Å². The van der Waals surface area contributed by atoms with Gasteiger partial charge in [-0.1, -0.05) is 19.6 Å². The molecule has 1 heterocycles. The lowest BCUT2D eigenvalue weighted by molar-refractivity contribution is -0.138. The first-order valence-electron chi connectivity index (χ1n) is 9.19. The summed E-state index contributed by atoms with van der Waals surface area (Å²) < 4.78 is 32.9. The predicted octanol–water partition coefficient (Wildman–Crippen LogP) is 5.47. The Kier molecular flexibility index (Phi) is 8.86. The van der Waals surface area contributed by atoms with Gasteiger partial charge in [-0.3, -0.25) is 4.79 Å². The van der Waals surface area contributed by atoms with Crippen molar-refractivity contribution in [1.29, 1.82) is 0 Å². The molecule has 2 atom stereocenters. The second-order valence-corrected chi connectivity index (χ2v) is 7.79. The Morgan fingerprint density at radius 2 is 2.25 bits per heavy atom. The average molecular weight is 409 g/mol. The Morgan fingerprint density at radius 3 is 2.89 bits per heavy atom. The smallest absolute Gasteiger partial charge is 0.306 e. The first-order chi connectivity index (χ1) is 13.4. The third kappa shape index (κ3) is 7.56. The van der Waals surface area contributed by atoms with E-state index in [2.05, 4.69) is 18.5 Å². The molecule has 1 saturated carbocycles. The van der Waals surface area contributed by atoms with Crippen molar-refractivity contribution in [3.63, 3.8) is 0 Å². The fourth-order valence-corrected chi connectivity index (χ4v) is 3.65. The Balaban J connectivity index is 1.91. The van der Waals surface area contributed by atoms with Crippen LogP contribution in [0.2, 0.25) is 0 Å². The van der Waals surface area contributed by atoms with E-state index >= 15 is 0 Å². The summed E-state index contributed by atoms with van der Waals surface area (Å²) in [5, 5.41) is 9.85. The summed E-state index contributed by atoms with van der Waals surface area (Å²) in [6, 6.07) is 3.70. The van der Waals surface area contributed by atoms with Crippen LogP contribution in [0.25, 0.3) is 0 Å². The van der Waals surface area contributed by atoms with Gasteiger partial charge < -0.3 is 9.84 Å². The number of pyridine rings is 1. The fourth-order valence-electron chi connectivity index (χ4n) is 2.80. The van der Waals surface area contributed by atoms with Crippen LogP contribution in [0.1, 0.15) is 31.7 Å². The molecular weight excluding hydrogens is 384 g/mol. The lowest BCUT2D eigenvalue weighted by atomic mass is 10.1. The summed E-state index contributed by atoms with van der Waals surface area (Å²) in [7, 11) is 0. The molecule has 0 bridgehead atoms. The minimum absolute atomic E-state index is 0.0957. The topological polar surface area (TPSA) is 59.4 Å². The van der Waals surface area contributed by atoms with E-state index < -0.39 is 23.5 Å². The van der Waals surface area contributed by atoms with E-state index in [9.17, 15) is 13.6 Å². The molecule has 152 valence electrons. The van der Waals surface area contributed by atoms with Gasteiger partial charge in [0.2, 0.25) is 0 Å². The SMILES string of the molecule is C=C(F)/C=C(\C=C(\F)COCc1cccnc1SCCC)CC1CC1C(=O)O. The number of rotatable bonds is 12. The highest BCUT2D eigenvalue weighted by molar-refractivity contribution is 7.99. The zero-order valence-corrected chi connectivity index (χ0v) is 16.7. The largest absolute Gasteiger partial charge is 0.481 e. The Hall–Kier alpha value is -1.99. The molecule has 28 heavy (non-hydrogen) atoms. The summed E-state index contributed by atoms with van der Waals surface area (Å²) in [5.74, 6) is -1.70. The molecule has 0 radical (unpaired) electrons. The molecule has 7 heteroatoms. The molecule has 1 fully saturated rings. The van der Waals surface area contributed by atoms with Gasteiger partial charge in [0.1, 0.15) is 16.7 Å².